The highest BCUT2D eigenvalue weighted by Crippen LogP contribution is 2.60. The summed E-state index contributed by atoms with van der Waals surface area (Å²) in [7, 11) is 1.68. The summed E-state index contributed by atoms with van der Waals surface area (Å²) in [5, 5.41) is 0. The smallest absolute Gasteiger partial charge is 0.00521 e. The lowest BCUT2D eigenvalue weighted by Crippen LogP contribution is -2.46. The highest BCUT2D eigenvalue weighted by atomic mass is 31.1. The molecule has 4 bridgehead atoms. The van der Waals surface area contributed by atoms with Crippen LogP contribution < -0.4 is 0 Å². The van der Waals surface area contributed by atoms with Crippen LogP contribution in [0.3, 0.4) is 0 Å². The van der Waals surface area contributed by atoms with Gasteiger partial charge in [0.25, 0.3) is 0 Å². The SMILES string of the molecule is CC1(C=PCC23CC4CC(CC(C4)C2)C3)CCCC1. The van der Waals surface area contributed by atoms with Gasteiger partial charge in [0.1, 0.15) is 0 Å². The van der Waals surface area contributed by atoms with E-state index in [1.54, 1.807) is 46.7 Å². The molecule has 5 fully saturated rings. The minimum Gasteiger partial charge on any atom is -0.108 e. The second-order valence-corrected chi connectivity index (χ2v) is 9.69. The standard InChI is InChI=1S/C18H29P/c1-17(4-2-3-5-17)12-19-13-18-9-14-6-15(10-18)8-16(7-14)11-18/h12,14-16H,2-11,13H2,1H3. The average molecular weight is 276 g/mol. The van der Waals surface area contributed by atoms with Gasteiger partial charge in [0.15, 0.2) is 0 Å². The summed E-state index contributed by atoms with van der Waals surface area (Å²) in [6.45, 7) is 2.51. The van der Waals surface area contributed by atoms with Gasteiger partial charge in [-0.3, -0.25) is 0 Å². The van der Waals surface area contributed by atoms with Crippen molar-refractivity contribution < 1.29 is 0 Å². The van der Waals surface area contributed by atoms with Crippen LogP contribution in [0.1, 0.15) is 71.1 Å². The summed E-state index contributed by atoms with van der Waals surface area (Å²) in [6, 6.07) is 0. The van der Waals surface area contributed by atoms with E-state index in [0.29, 0.717) is 5.41 Å². The zero-order valence-electron chi connectivity index (χ0n) is 12.5. The van der Waals surface area contributed by atoms with Crippen LogP contribution in [0.2, 0.25) is 0 Å². The van der Waals surface area contributed by atoms with Crippen molar-refractivity contribution in [3.63, 3.8) is 0 Å². The molecule has 0 unspecified atom stereocenters. The molecule has 19 heavy (non-hydrogen) atoms. The second kappa shape index (κ2) is 4.59. The summed E-state index contributed by atoms with van der Waals surface area (Å²) >= 11 is 0. The van der Waals surface area contributed by atoms with Crippen molar-refractivity contribution in [1.29, 1.82) is 0 Å². The second-order valence-electron chi connectivity index (χ2n) is 8.75. The minimum absolute atomic E-state index is 0.601. The molecule has 0 amide bonds. The van der Waals surface area contributed by atoms with Crippen molar-refractivity contribution in [2.75, 3.05) is 6.16 Å². The third kappa shape index (κ3) is 2.44. The van der Waals surface area contributed by atoms with E-state index in [1.165, 1.54) is 31.8 Å². The summed E-state index contributed by atoms with van der Waals surface area (Å²) in [5.74, 6) is 6.09. The first kappa shape index (κ1) is 12.9. The normalized spacial score (nSPS) is 47.3. The van der Waals surface area contributed by atoms with Gasteiger partial charge < -0.3 is 0 Å². The molecular weight excluding hydrogens is 247 g/mol. The first-order chi connectivity index (χ1) is 9.15. The highest BCUT2D eigenvalue weighted by Gasteiger charge is 2.50. The number of rotatable bonds is 3. The quantitative estimate of drug-likeness (QED) is 0.594. The Morgan fingerprint density at radius 2 is 1.47 bits per heavy atom. The molecule has 0 aromatic heterocycles. The molecule has 5 aliphatic rings. The molecule has 0 heterocycles. The molecule has 0 N–H and O–H groups in total. The van der Waals surface area contributed by atoms with E-state index >= 15 is 0 Å². The van der Waals surface area contributed by atoms with Crippen molar-refractivity contribution in [1.82, 2.24) is 0 Å². The van der Waals surface area contributed by atoms with Crippen LogP contribution in [0.25, 0.3) is 0 Å². The molecule has 5 rings (SSSR count). The Balaban J connectivity index is 1.43. The third-order valence-electron chi connectivity index (χ3n) is 6.74. The van der Waals surface area contributed by atoms with Gasteiger partial charge in [-0.15, -0.1) is 8.20 Å². The van der Waals surface area contributed by atoms with Crippen molar-refractivity contribution in [3.8, 4) is 0 Å². The molecule has 5 aliphatic carbocycles. The summed E-state index contributed by atoms with van der Waals surface area (Å²) in [5.41, 5.74) is 1.39. The fourth-order valence-electron chi connectivity index (χ4n) is 6.26. The van der Waals surface area contributed by atoms with E-state index in [2.05, 4.69) is 12.7 Å². The van der Waals surface area contributed by atoms with Gasteiger partial charge in [-0.25, -0.2) is 0 Å². The van der Waals surface area contributed by atoms with Gasteiger partial charge in [-0.2, -0.15) is 0 Å². The molecule has 106 valence electrons. The predicted octanol–water partition coefficient (Wildman–Crippen LogP) is 5.53. The Kier molecular flexibility index (Phi) is 3.11. The molecule has 0 atom stereocenters. The summed E-state index contributed by atoms with van der Waals surface area (Å²) in [4.78, 5) is 0. The van der Waals surface area contributed by atoms with Crippen LogP contribution in [0.5, 0.6) is 0 Å². The maximum absolute atomic E-state index is 2.71. The highest BCUT2D eigenvalue weighted by molar-refractivity contribution is 7.38. The lowest BCUT2D eigenvalue weighted by atomic mass is 9.50. The Labute approximate surface area is 120 Å². The molecule has 0 nitrogen and oxygen atoms in total. The number of hydrogen-bond acceptors (Lipinski definition) is 0. The van der Waals surface area contributed by atoms with Gasteiger partial charge in [-0.1, -0.05) is 25.6 Å². The third-order valence-corrected chi connectivity index (χ3v) is 8.40. The first-order valence-electron chi connectivity index (χ1n) is 8.66. The van der Waals surface area contributed by atoms with Crippen molar-refractivity contribution >= 4 is 14.0 Å². The fourth-order valence-corrected chi connectivity index (χ4v) is 7.82. The van der Waals surface area contributed by atoms with Gasteiger partial charge in [0.2, 0.25) is 0 Å². The molecule has 5 saturated carbocycles. The predicted molar refractivity (Wildman–Crippen MR) is 85.0 cm³/mol. The van der Waals surface area contributed by atoms with Gasteiger partial charge in [0.05, 0.1) is 0 Å². The maximum Gasteiger partial charge on any atom is -0.00521 e. The van der Waals surface area contributed by atoms with E-state index in [-0.39, 0.29) is 0 Å². The molecule has 0 saturated heterocycles. The zero-order chi connectivity index (χ0) is 12.9. The van der Waals surface area contributed by atoms with Gasteiger partial charge >= 0.3 is 0 Å². The Morgan fingerprint density at radius 1 is 0.947 bits per heavy atom. The van der Waals surface area contributed by atoms with Crippen LogP contribution in [0.15, 0.2) is 0 Å². The minimum atomic E-state index is 0.601. The molecular formula is C18H29P. The van der Waals surface area contributed by atoms with E-state index in [9.17, 15) is 0 Å². The van der Waals surface area contributed by atoms with E-state index in [4.69, 9.17) is 0 Å². The van der Waals surface area contributed by atoms with Crippen molar-refractivity contribution in [2.24, 2.45) is 28.6 Å². The topological polar surface area (TPSA) is 0 Å². The Morgan fingerprint density at radius 3 is 2.00 bits per heavy atom. The largest absolute Gasteiger partial charge is 0.108 e. The summed E-state index contributed by atoms with van der Waals surface area (Å²) < 4.78 is 0. The Bertz CT molecular complexity index is 340. The van der Waals surface area contributed by atoms with E-state index < -0.39 is 0 Å². The van der Waals surface area contributed by atoms with Crippen LogP contribution in [0, 0.1) is 28.6 Å². The fraction of sp³-hybridized carbons (Fsp3) is 0.944. The number of hydrogen-bond donors (Lipinski definition) is 0. The summed E-state index contributed by atoms with van der Waals surface area (Å²) in [6.07, 6.45) is 16.9. The molecule has 1 heteroatoms. The molecule has 0 aliphatic heterocycles. The molecule has 0 aromatic rings. The van der Waals surface area contributed by atoms with E-state index in [0.717, 1.165) is 23.2 Å². The van der Waals surface area contributed by atoms with Crippen LogP contribution in [-0.2, 0) is 0 Å². The maximum atomic E-state index is 2.71. The molecule has 0 spiro atoms. The lowest BCUT2D eigenvalue weighted by Gasteiger charge is -2.56. The average Bonchev–Trinajstić information content (AvgIpc) is 2.74. The van der Waals surface area contributed by atoms with Crippen LogP contribution in [-0.4, -0.2) is 12.0 Å². The van der Waals surface area contributed by atoms with Gasteiger partial charge in [-0.05, 0) is 86.1 Å². The van der Waals surface area contributed by atoms with E-state index in [1.807, 2.05) is 0 Å². The zero-order valence-corrected chi connectivity index (χ0v) is 13.4. The Hall–Kier alpha value is 0.170. The van der Waals surface area contributed by atoms with Crippen LogP contribution >= 0.6 is 8.20 Å². The first-order valence-corrected chi connectivity index (χ1v) is 9.81. The van der Waals surface area contributed by atoms with Crippen molar-refractivity contribution in [2.45, 2.75) is 71.1 Å². The monoisotopic (exact) mass is 276 g/mol. The molecule has 0 aromatic carbocycles. The van der Waals surface area contributed by atoms with Crippen molar-refractivity contribution in [3.05, 3.63) is 0 Å². The molecule has 0 radical (unpaired) electrons. The van der Waals surface area contributed by atoms with Gasteiger partial charge in [0, 0.05) is 0 Å². The van der Waals surface area contributed by atoms with Crippen LogP contribution in [0.4, 0.5) is 0 Å². The lowest BCUT2D eigenvalue weighted by molar-refractivity contribution is -0.0383.